The van der Waals surface area contributed by atoms with Crippen LogP contribution in [-0.2, 0) is 6.54 Å². The molecular formula is C18H20BrNO. The van der Waals surface area contributed by atoms with Crippen molar-refractivity contribution in [2.45, 2.75) is 27.3 Å². The zero-order valence-corrected chi connectivity index (χ0v) is 14.3. The maximum absolute atomic E-state index is 12.7. The first-order chi connectivity index (χ1) is 10.0. The quantitative estimate of drug-likeness (QED) is 0.784. The molecule has 0 aliphatic rings. The largest absolute Gasteiger partial charge is 0.335 e. The summed E-state index contributed by atoms with van der Waals surface area (Å²) in [5, 5.41) is 0. The molecule has 0 aromatic heterocycles. The van der Waals surface area contributed by atoms with Crippen molar-refractivity contribution in [3.63, 3.8) is 0 Å². The fraction of sp³-hybridized carbons (Fsp3) is 0.278. The van der Waals surface area contributed by atoms with Gasteiger partial charge < -0.3 is 4.90 Å². The molecular weight excluding hydrogens is 326 g/mol. The summed E-state index contributed by atoms with van der Waals surface area (Å²) in [5.74, 6) is 0.0742. The summed E-state index contributed by atoms with van der Waals surface area (Å²) in [7, 11) is 0. The molecule has 0 aliphatic carbocycles. The minimum absolute atomic E-state index is 0.0742. The summed E-state index contributed by atoms with van der Waals surface area (Å²) in [6.45, 7) is 7.43. The lowest BCUT2D eigenvalue weighted by molar-refractivity contribution is 0.0752. The fourth-order valence-corrected chi connectivity index (χ4v) is 2.97. The highest BCUT2D eigenvalue weighted by Crippen LogP contribution is 2.18. The molecule has 0 spiro atoms. The number of halogens is 1. The van der Waals surface area contributed by atoms with Crippen LogP contribution in [0.4, 0.5) is 0 Å². The first-order valence-corrected chi connectivity index (χ1v) is 7.91. The van der Waals surface area contributed by atoms with Gasteiger partial charge in [0.2, 0.25) is 0 Å². The minimum atomic E-state index is 0.0742. The molecule has 2 nitrogen and oxygen atoms in total. The molecule has 0 saturated heterocycles. The molecule has 110 valence electrons. The standard InChI is InChI=1S/C18H20BrNO/c1-4-20(12-15-8-6-5-7-14(15)3)18(21)16-9-13(2)10-17(19)11-16/h5-11H,4,12H2,1-3H3. The van der Waals surface area contributed by atoms with Gasteiger partial charge in [-0.05, 0) is 55.7 Å². The lowest BCUT2D eigenvalue weighted by Crippen LogP contribution is -2.30. The molecule has 0 atom stereocenters. The van der Waals surface area contributed by atoms with E-state index in [1.165, 1.54) is 11.1 Å². The summed E-state index contributed by atoms with van der Waals surface area (Å²) in [6.07, 6.45) is 0. The maximum atomic E-state index is 12.7. The van der Waals surface area contributed by atoms with Crippen LogP contribution in [0.5, 0.6) is 0 Å². The Bertz CT molecular complexity index is 631. The van der Waals surface area contributed by atoms with Crippen molar-refractivity contribution < 1.29 is 4.79 Å². The van der Waals surface area contributed by atoms with Crippen LogP contribution in [0.3, 0.4) is 0 Å². The summed E-state index contributed by atoms with van der Waals surface area (Å²) in [4.78, 5) is 14.6. The fourth-order valence-electron chi connectivity index (χ4n) is 2.36. The third kappa shape index (κ3) is 3.94. The van der Waals surface area contributed by atoms with E-state index < -0.39 is 0 Å². The van der Waals surface area contributed by atoms with Crippen LogP contribution in [0, 0.1) is 13.8 Å². The second-order valence-corrected chi connectivity index (χ2v) is 6.18. The van der Waals surface area contributed by atoms with E-state index >= 15 is 0 Å². The second kappa shape index (κ2) is 6.90. The van der Waals surface area contributed by atoms with E-state index in [1.54, 1.807) is 0 Å². The Morgan fingerprint density at radius 1 is 1.14 bits per heavy atom. The number of hydrogen-bond donors (Lipinski definition) is 0. The average molecular weight is 346 g/mol. The Kier molecular flexibility index (Phi) is 5.18. The zero-order valence-electron chi connectivity index (χ0n) is 12.7. The number of carbonyl (C=O) groups is 1. The predicted octanol–water partition coefficient (Wildman–Crippen LogP) is 4.73. The SMILES string of the molecule is CCN(Cc1ccccc1C)C(=O)c1cc(C)cc(Br)c1. The Hall–Kier alpha value is -1.61. The smallest absolute Gasteiger partial charge is 0.254 e. The first kappa shape index (κ1) is 15.8. The minimum Gasteiger partial charge on any atom is -0.335 e. The van der Waals surface area contributed by atoms with Crippen molar-refractivity contribution in [2.75, 3.05) is 6.54 Å². The number of nitrogens with zero attached hydrogens (tertiary/aromatic N) is 1. The molecule has 0 unspecified atom stereocenters. The zero-order chi connectivity index (χ0) is 15.4. The van der Waals surface area contributed by atoms with Gasteiger partial charge in [-0.25, -0.2) is 0 Å². The molecule has 2 aromatic carbocycles. The molecule has 0 fully saturated rings. The Labute approximate surface area is 134 Å². The highest BCUT2D eigenvalue weighted by Gasteiger charge is 2.16. The molecule has 0 saturated carbocycles. The molecule has 2 rings (SSSR count). The van der Waals surface area contributed by atoms with Gasteiger partial charge in [-0.2, -0.15) is 0 Å². The van der Waals surface area contributed by atoms with Crippen LogP contribution in [-0.4, -0.2) is 17.4 Å². The van der Waals surface area contributed by atoms with Crippen molar-refractivity contribution >= 4 is 21.8 Å². The van der Waals surface area contributed by atoms with Crippen LogP contribution in [0.25, 0.3) is 0 Å². The first-order valence-electron chi connectivity index (χ1n) is 7.12. The maximum Gasteiger partial charge on any atom is 0.254 e. The lowest BCUT2D eigenvalue weighted by atomic mass is 10.1. The predicted molar refractivity (Wildman–Crippen MR) is 90.5 cm³/mol. The second-order valence-electron chi connectivity index (χ2n) is 5.26. The Morgan fingerprint density at radius 2 is 1.86 bits per heavy atom. The van der Waals surface area contributed by atoms with Crippen molar-refractivity contribution in [1.29, 1.82) is 0 Å². The third-order valence-electron chi connectivity index (χ3n) is 3.58. The van der Waals surface area contributed by atoms with Crippen molar-refractivity contribution in [2.24, 2.45) is 0 Å². The number of benzene rings is 2. The van der Waals surface area contributed by atoms with Gasteiger partial charge in [-0.3, -0.25) is 4.79 Å². The Balaban J connectivity index is 2.24. The average Bonchev–Trinajstić information content (AvgIpc) is 2.44. The van der Waals surface area contributed by atoms with E-state index in [4.69, 9.17) is 0 Å². The van der Waals surface area contributed by atoms with Crippen LogP contribution < -0.4 is 0 Å². The van der Waals surface area contributed by atoms with E-state index in [0.717, 1.165) is 15.6 Å². The molecule has 21 heavy (non-hydrogen) atoms. The normalized spacial score (nSPS) is 10.5. The molecule has 0 radical (unpaired) electrons. The molecule has 3 heteroatoms. The van der Waals surface area contributed by atoms with Gasteiger partial charge in [0.05, 0.1) is 0 Å². The van der Waals surface area contributed by atoms with Gasteiger partial charge in [0, 0.05) is 23.1 Å². The van der Waals surface area contributed by atoms with Gasteiger partial charge in [0.1, 0.15) is 0 Å². The highest BCUT2D eigenvalue weighted by atomic mass is 79.9. The van der Waals surface area contributed by atoms with Crippen LogP contribution in [0.1, 0.15) is 34.0 Å². The summed E-state index contributed by atoms with van der Waals surface area (Å²) >= 11 is 3.46. The van der Waals surface area contributed by atoms with Crippen molar-refractivity contribution in [3.8, 4) is 0 Å². The molecule has 0 N–H and O–H groups in total. The monoisotopic (exact) mass is 345 g/mol. The molecule has 0 heterocycles. The Morgan fingerprint density at radius 3 is 2.48 bits per heavy atom. The number of aryl methyl sites for hydroxylation is 2. The summed E-state index contributed by atoms with van der Waals surface area (Å²) in [6, 6.07) is 14.0. The molecule has 2 aromatic rings. The molecule has 0 aliphatic heterocycles. The van der Waals surface area contributed by atoms with E-state index in [-0.39, 0.29) is 5.91 Å². The van der Waals surface area contributed by atoms with Crippen LogP contribution in [0.15, 0.2) is 46.9 Å². The number of rotatable bonds is 4. The van der Waals surface area contributed by atoms with Gasteiger partial charge in [0.25, 0.3) is 5.91 Å². The van der Waals surface area contributed by atoms with Crippen molar-refractivity contribution in [1.82, 2.24) is 4.90 Å². The van der Waals surface area contributed by atoms with Crippen LogP contribution >= 0.6 is 15.9 Å². The topological polar surface area (TPSA) is 20.3 Å². The van der Waals surface area contributed by atoms with Gasteiger partial charge >= 0.3 is 0 Å². The highest BCUT2D eigenvalue weighted by molar-refractivity contribution is 9.10. The number of hydrogen-bond acceptors (Lipinski definition) is 1. The lowest BCUT2D eigenvalue weighted by Gasteiger charge is -2.22. The number of carbonyl (C=O) groups excluding carboxylic acids is 1. The van der Waals surface area contributed by atoms with Crippen LogP contribution in [0.2, 0.25) is 0 Å². The van der Waals surface area contributed by atoms with E-state index in [0.29, 0.717) is 13.1 Å². The van der Waals surface area contributed by atoms with Crippen molar-refractivity contribution in [3.05, 3.63) is 69.2 Å². The molecule has 1 amide bonds. The van der Waals surface area contributed by atoms with E-state index in [2.05, 4.69) is 35.0 Å². The molecule has 0 bridgehead atoms. The van der Waals surface area contributed by atoms with Gasteiger partial charge in [-0.15, -0.1) is 0 Å². The van der Waals surface area contributed by atoms with E-state index in [1.807, 2.05) is 49.1 Å². The van der Waals surface area contributed by atoms with Gasteiger partial charge in [0.15, 0.2) is 0 Å². The third-order valence-corrected chi connectivity index (χ3v) is 4.04. The van der Waals surface area contributed by atoms with Gasteiger partial charge in [-0.1, -0.05) is 40.2 Å². The summed E-state index contributed by atoms with van der Waals surface area (Å²) < 4.78 is 0.942. The summed E-state index contributed by atoms with van der Waals surface area (Å²) in [5.41, 5.74) is 4.23. The van der Waals surface area contributed by atoms with E-state index in [9.17, 15) is 4.79 Å². The number of amides is 1.